The number of nitrogens with one attached hydrogen (secondary N) is 1. The van der Waals surface area contributed by atoms with E-state index < -0.39 is 7.12 Å². The van der Waals surface area contributed by atoms with Gasteiger partial charge in [-0.3, -0.25) is 4.79 Å². The van der Waals surface area contributed by atoms with E-state index in [-0.39, 0.29) is 17.1 Å². The van der Waals surface area contributed by atoms with Gasteiger partial charge in [0.25, 0.3) is 5.91 Å². The van der Waals surface area contributed by atoms with Crippen molar-refractivity contribution >= 4 is 24.2 Å². The number of nitrogens with zero attached hydrogens (tertiary/aromatic N) is 1. The molecule has 1 amide bonds. The minimum atomic E-state index is -0.400. The van der Waals surface area contributed by atoms with Crippen molar-refractivity contribution in [1.82, 2.24) is 4.90 Å². The van der Waals surface area contributed by atoms with Crippen LogP contribution in [0.1, 0.15) is 27.7 Å². The normalized spacial score (nSPS) is 18.7. The fraction of sp³-hybridized carbons (Fsp3) is 0.500. The third-order valence-electron chi connectivity index (χ3n) is 4.52. The van der Waals surface area contributed by atoms with E-state index in [4.69, 9.17) is 9.31 Å². The molecule has 0 bridgehead atoms. The van der Waals surface area contributed by atoms with Crippen LogP contribution in [0.4, 0.5) is 5.69 Å². The molecule has 24 heavy (non-hydrogen) atoms. The molecule has 0 saturated carbocycles. The number of benzene rings is 1. The first-order valence-corrected chi connectivity index (χ1v) is 8.11. The Bertz CT molecular complexity index is 608. The Morgan fingerprint density at radius 2 is 1.62 bits per heavy atom. The van der Waals surface area contributed by atoms with Gasteiger partial charge in [-0.15, -0.1) is 0 Å². The van der Waals surface area contributed by atoms with Gasteiger partial charge in [-0.05, 0) is 59.4 Å². The van der Waals surface area contributed by atoms with Gasteiger partial charge in [0.1, 0.15) is 0 Å². The molecular weight excluding hydrogens is 303 g/mol. The maximum Gasteiger partial charge on any atom is 0.494 e. The van der Waals surface area contributed by atoms with E-state index in [1.165, 1.54) is 0 Å². The summed E-state index contributed by atoms with van der Waals surface area (Å²) in [6.07, 6.45) is 0. The third kappa shape index (κ3) is 4.07. The first kappa shape index (κ1) is 18.7. The number of likely N-dealkylation sites (N-methyl/N-ethyl adjacent to an activating group) is 1. The van der Waals surface area contributed by atoms with Crippen LogP contribution in [0, 0.1) is 0 Å². The molecule has 130 valence electrons. The molecule has 0 atom stereocenters. The van der Waals surface area contributed by atoms with E-state index in [2.05, 4.69) is 11.9 Å². The number of hydrogen-bond acceptors (Lipinski definition) is 4. The van der Waals surface area contributed by atoms with Crippen molar-refractivity contribution in [3.05, 3.63) is 36.4 Å². The molecule has 1 heterocycles. The molecule has 1 aromatic rings. The topological polar surface area (TPSA) is 50.8 Å². The van der Waals surface area contributed by atoms with Crippen LogP contribution < -0.4 is 10.8 Å². The van der Waals surface area contributed by atoms with Crippen LogP contribution in [0.5, 0.6) is 0 Å². The summed E-state index contributed by atoms with van der Waals surface area (Å²) >= 11 is 0. The Hall–Kier alpha value is -1.63. The first-order chi connectivity index (χ1) is 11.0. The van der Waals surface area contributed by atoms with Crippen LogP contribution >= 0.6 is 0 Å². The van der Waals surface area contributed by atoms with Crippen LogP contribution in [0.3, 0.4) is 0 Å². The van der Waals surface area contributed by atoms with Crippen molar-refractivity contribution in [3.63, 3.8) is 0 Å². The molecule has 1 fully saturated rings. The van der Waals surface area contributed by atoms with Gasteiger partial charge in [-0.2, -0.15) is 0 Å². The Kier molecular flexibility index (Phi) is 5.23. The second-order valence-corrected chi connectivity index (χ2v) is 7.51. The van der Waals surface area contributed by atoms with E-state index in [9.17, 15) is 4.79 Å². The van der Waals surface area contributed by atoms with Crippen LogP contribution in [0.2, 0.25) is 0 Å². The lowest BCUT2D eigenvalue weighted by Gasteiger charge is -2.32. The molecule has 1 saturated heterocycles. The largest absolute Gasteiger partial charge is 0.494 e. The predicted molar refractivity (Wildman–Crippen MR) is 98.5 cm³/mol. The van der Waals surface area contributed by atoms with Gasteiger partial charge in [0.05, 0.1) is 11.2 Å². The van der Waals surface area contributed by atoms with E-state index >= 15 is 0 Å². The summed E-state index contributed by atoms with van der Waals surface area (Å²) in [4.78, 5) is 14.0. The maximum absolute atomic E-state index is 12.1. The Labute approximate surface area is 145 Å². The minimum Gasteiger partial charge on any atom is -0.399 e. The van der Waals surface area contributed by atoms with Crippen molar-refractivity contribution in [1.29, 1.82) is 0 Å². The highest BCUT2D eigenvalue weighted by atomic mass is 16.7. The number of rotatable bonds is 5. The van der Waals surface area contributed by atoms with Crippen LogP contribution in [0.25, 0.3) is 0 Å². The smallest absolute Gasteiger partial charge is 0.399 e. The molecule has 6 heteroatoms. The summed E-state index contributed by atoms with van der Waals surface area (Å²) in [7, 11) is 3.40. The second kappa shape index (κ2) is 6.71. The van der Waals surface area contributed by atoms with E-state index in [1.807, 2.05) is 71.0 Å². The summed E-state index contributed by atoms with van der Waals surface area (Å²) in [6, 6.07) is 7.52. The van der Waals surface area contributed by atoms with Crippen molar-refractivity contribution in [3.8, 4) is 0 Å². The number of carbonyl (C=O) groups is 1. The molecule has 1 aromatic carbocycles. The quantitative estimate of drug-likeness (QED) is 0.663. The molecule has 1 N–H and O–H groups in total. The van der Waals surface area contributed by atoms with Crippen LogP contribution in [0.15, 0.2) is 36.4 Å². The average molecular weight is 330 g/mol. The van der Waals surface area contributed by atoms with Crippen LogP contribution in [-0.2, 0) is 14.1 Å². The number of amides is 1. The van der Waals surface area contributed by atoms with Gasteiger partial charge >= 0.3 is 7.12 Å². The Morgan fingerprint density at radius 3 is 2.08 bits per heavy atom. The van der Waals surface area contributed by atoms with Crippen LogP contribution in [-0.4, -0.2) is 49.8 Å². The highest BCUT2D eigenvalue weighted by Crippen LogP contribution is 2.36. The fourth-order valence-electron chi connectivity index (χ4n) is 2.38. The Balaban J connectivity index is 2.02. The Morgan fingerprint density at radius 1 is 1.12 bits per heavy atom. The van der Waals surface area contributed by atoms with Gasteiger partial charge in [-0.25, -0.2) is 0 Å². The molecule has 0 unspecified atom stereocenters. The highest BCUT2D eigenvalue weighted by molar-refractivity contribution is 6.62. The number of carbonyl (C=O) groups excluding carboxylic acids is 1. The highest BCUT2D eigenvalue weighted by Gasteiger charge is 2.51. The van der Waals surface area contributed by atoms with Crippen molar-refractivity contribution in [2.45, 2.75) is 38.9 Å². The SMILES string of the molecule is C=C(CN(C)C)C(=O)Nc1ccc(B2OC(C)(C)C(C)(C)O2)cc1. The standard InChI is InChI=1S/C18H27BN2O3/c1-13(12-21(6)7)16(22)20-15-10-8-14(9-11-15)19-23-17(2,3)18(4,5)24-19/h8-11H,1,12H2,2-7H3,(H,20,22). The lowest BCUT2D eigenvalue weighted by molar-refractivity contribution is -0.113. The lowest BCUT2D eigenvalue weighted by Crippen LogP contribution is -2.41. The van der Waals surface area contributed by atoms with E-state index in [1.54, 1.807) is 0 Å². The molecule has 1 aliphatic rings. The fourth-order valence-corrected chi connectivity index (χ4v) is 2.38. The van der Waals surface area contributed by atoms with Gasteiger partial charge in [-0.1, -0.05) is 18.7 Å². The molecule has 2 rings (SSSR count). The molecule has 0 aromatic heterocycles. The number of anilines is 1. The van der Waals surface area contributed by atoms with Crippen molar-refractivity contribution in [2.24, 2.45) is 0 Å². The van der Waals surface area contributed by atoms with E-state index in [0.29, 0.717) is 12.1 Å². The van der Waals surface area contributed by atoms with Crippen molar-refractivity contribution in [2.75, 3.05) is 26.0 Å². The minimum absolute atomic E-state index is 0.174. The third-order valence-corrected chi connectivity index (χ3v) is 4.52. The molecular formula is C18H27BN2O3. The second-order valence-electron chi connectivity index (χ2n) is 7.51. The summed E-state index contributed by atoms with van der Waals surface area (Å²) in [6.45, 7) is 12.4. The van der Waals surface area contributed by atoms with E-state index in [0.717, 1.165) is 11.2 Å². The van der Waals surface area contributed by atoms with Crippen molar-refractivity contribution < 1.29 is 14.1 Å². The zero-order chi connectivity index (χ0) is 18.1. The summed E-state index contributed by atoms with van der Waals surface area (Å²) in [5, 5.41) is 2.85. The molecule has 5 nitrogen and oxygen atoms in total. The summed E-state index contributed by atoms with van der Waals surface area (Å²) in [5.41, 5.74) is 1.44. The zero-order valence-electron chi connectivity index (χ0n) is 15.5. The summed E-state index contributed by atoms with van der Waals surface area (Å²) in [5.74, 6) is -0.174. The zero-order valence-corrected chi connectivity index (χ0v) is 15.5. The molecule has 0 spiro atoms. The lowest BCUT2D eigenvalue weighted by atomic mass is 9.79. The first-order valence-electron chi connectivity index (χ1n) is 8.11. The van der Waals surface area contributed by atoms with Gasteiger partial charge < -0.3 is 19.5 Å². The van der Waals surface area contributed by atoms with Gasteiger partial charge in [0.15, 0.2) is 0 Å². The maximum atomic E-state index is 12.1. The molecule has 1 aliphatic heterocycles. The number of hydrogen-bond donors (Lipinski definition) is 1. The average Bonchev–Trinajstić information content (AvgIpc) is 2.67. The van der Waals surface area contributed by atoms with Gasteiger partial charge in [0.2, 0.25) is 0 Å². The summed E-state index contributed by atoms with van der Waals surface area (Å²) < 4.78 is 12.0. The molecule has 0 aliphatic carbocycles. The molecule has 0 radical (unpaired) electrons. The monoisotopic (exact) mass is 330 g/mol. The predicted octanol–water partition coefficient (Wildman–Crippen LogP) is 2.04. The van der Waals surface area contributed by atoms with Gasteiger partial charge in [0, 0.05) is 17.8 Å².